The lowest BCUT2D eigenvalue weighted by atomic mass is 9.88. The molecule has 1 rings (SSSR count). The van der Waals surface area contributed by atoms with Crippen LogP contribution in [0.5, 0.6) is 0 Å². The molecule has 3 nitrogen and oxygen atoms in total. The Balaban J connectivity index is 2.66. The summed E-state index contributed by atoms with van der Waals surface area (Å²) in [6.07, 6.45) is 4.97. The number of hydrogen-bond acceptors (Lipinski definition) is 3. The van der Waals surface area contributed by atoms with Gasteiger partial charge in [0, 0.05) is 23.5 Å². The minimum atomic E-state index is -0.201. The molecule has 0 aliphatic heterocycles. The molecular weight excluding hydrogens is 218 g/mol. The number of rotatable bonds is 7. The third-order valence-electron chi connectivity index (χ3n) is 3.23. The van der Waals surface area contributed by atoms with E-state index in [0.717, 1.165) is 32.6 Å². The lowest BCUT2D eigenvalue weighted by Gasteiger charge is -2.44. The fourth-order valence-corrected chi connectivity index (χ4v) is 2.79. The maximum atomic E-state index is 6.02. The minimum Gasteiger partial charge on any atom is -0.374 e. The van der Waals surface area contributed by atoms with E-state index in [-0.39, 0.29) is 11.8 Å². The van der Waals surface area contributed by atoms with Crippen LogP contribution in [0.1, 0.15) is 39.5 Å². The van der Waals surface area contributed by atoms with E-state index in [4.69, 9.17) is 9.47 Å². The quantitative estimate of drug-likeness (QED) is 0.538. The molecule has 0 bridgehead atoms. The Hall–Kier alpha value is 0.0969. The van der Waals surface area contributed by atoms with Gasteiger partial charge >= 0.3 is 0 Å². The Kier molecular flexibility index (Phi) is 6.57. The van der Waals surface area contributed by atoms with Crippen LogP contribution in [0, 0.1) is 0 Å². The van der Waals surface area contributed by atoms with E-state index >= 15 is 0 Å². The molecule has 1 aliphatic rings. The van der Waals surface area contributed by atoms with Gasteiger partial charge in [-0.2, -0.15) is 0 Å². The summed E-state index contributed by atoms with van der Waals surface area (Å²) in [5.41, 5.74) is -0.201. The van der Waals surface area contributed by atoms with Gasteiger partial charge in [-0.25, -0.2) is 0 Å². The molecule has 2 unspecified atom stereocenters. The maximum Gasteiger partial charge on any atom is 0.145 e. The summed E-state index contributed by atoms with van der Waals surface area (Å²) in [5.74, 6) is 0. The van der Waals surface area contributed by atoms with E-state index < -0.39 is 0 Å². The van der Waals surface area contributed by atoms with Gasteiger partial charge in [0.2, 0.25) is 0 Å². The van der Waals surface area contributed by atoms with Crippen LogP contribution in [0.25, 0.3) is 0 Å². The van der Waals surface area contributed by atoms with Crippen LogP contribution in [0.15, 0.2) is 0 Å². The van der Waals surface area contributed by atoms with E-state index in [0.29, 0.717) is 0 Å². The molecule has 1 fully saturated rings. The lowest BCUT2D eigenvalue weighted by Crippen LogP contribution is -2.59. The molecule has 4 heteroatoms. The largest absolute Gasteiger partial charge is 0.374 e. The van der Waals surface area contributed by atoms with Crippen LogP contribution in [-0.2, 0) is 9.47 Å². The van der Waals surface area contributed by atoms with E-state index in [2.05, 4.69) is 19.2 Å². The van der Waals surface area contributed by atoms with Crippen molar-refractivity contribution in [3.05, 3.63) is 0 Å². The van der Waals surface area contributed by atoms with Crippen molar-refractivity contribution in [1.29, 1.82) is 0 Å². The van der Waals surface area contributed by atoms with Gasteiger partial charge in [-0.15, -0.1) is 0 Å². The molecular formula is C12H27NO2Si. The van der Waals surface area contributed by atoms with Crippen molar-refractivity contribution in [2.45, 2.75) is 57.4 Å². The first-order valence-corrected chi connectivity index (χ1v) is 8.21. The van der Waals surface area contributed by atoms with E-state index in [1.165, 1.54) is 29.1 Å². The third kappa shape index (κ3) is 3.55. The summed E-state index contributed by atoms with van der Waals surface area (Å²) >= 11 is 0. The number of ether oxygens (including phenoxy) is 2. The fraction of sp³-hybridized carbons (Fsp3) is 1.00. The molecule has 0 radical (unpaired) electrons. The summed E-state index contributed by atoms with van der Waals surface area (Å²) in [6, 6.07) is 1.27. The van der Waals surface area contributed by atoms with Gasteiger partial charge in [0.25, 0.3) is 0 Å². The molecule has 0 saturated heterocycles. The second-order valence-corrected chi connectivity index (χ2v) is 5.44. The average Bonchev–Trinajstić information content (AvgIpc) is 2.30. The van der Waals surface area contributed by atoms with E-state index in [1.54, 1.807) is 0 Å². The molecule has 16 heavy (non-hydrogen) atoms. The molecule has 1 saturated carbocycles. The highest BCUT2D eigenvalue weighted by atomic mass is 28.1. The molecule has 0 aromatic heterocycles. The first kappa shape index (κ1) is 14.2. The van der Waals surface area contributed by atoms with Crippen LogP contribution in [0.4, 0.5) is 0 Å². The van der Waals surface area contributed by atoms with Gasteiger partial charge < -0.3 is 9.47 Å². The third-order valence-corrected chi connectivity index (χ3v) is 3.73. The van der Waals surface area contributed by atoms with Crippen molar-refractivity contribution in [3.63, 3.8) is 0 Å². The molecule has 1 N–H and O–H groups in total. The van der Waals surface area contributed by atoms with Gasteiger partial charge in [-0.3, -0.25) is 5.32 Å². The predicted octanol–water partition coefficient (Wildman–Crippen LogP) is 1.07. The second-order valence-electron chi connectivity index (χ2n) is 4.44. The maximum absolute atomic E-state index is 6.02. The molecule has 0 amide bonds. The Bertz CT molecular complexity index is 186. The number of hydrogen-bond donors (Lipinski definition) is 1. The predicted molar refractivity (Wildman–Crippen MR) is 71.0 cm³/mol. The molecule has 1 aliphatic carbocycles. The van der Waals surface area contributed by atoms with E-state index in [9.17, 15) is 0 Å². The van der Waals surface area contributed by atoms with Crippen molar-refractivity contribution >= 4 is 10.2 Å². The Morgan fingerprint density at radius 2 is 2.12 bits per heavy atom. The zero-order valence-electron chi connectivity index (χ0n) is 11.1. The SMILES string of the molecule is CCOC1CCCCC1(NCC[SiH3])OCC. The molecule has 0 heterocycles. The van der Waals surface area contributed by atoms with Crippen LogP contribution >= 0.6 is 0 Å². The Labute approximate surface area is 103 Å². The van der Waals surface area contributed by atoms with Crippen molar-refractivity contribution in [1.82, 2.24) is 5.32 Å². The van der Waals surface area contributed by atoms with Crippen LogP contribution in [0.3, 0.4) is 0 Å². The van der Waals surface area contributed by atoms with Crippen LogP contribution in [-0.4, -0.2) is 41.8 Å². The zero-order valence-corrected chi connectivity index (χ0v) is 13.1. The topological polar surface area (TPSA) is 30.5 Å². The van der Waals surface area contributed by atoms with Crippen molar-refractivity contribution in [3.8, 4) is 0 Å². The van der Waals surface area contributed by atoms with Gasteiger partial charge in [0.15, 0.2) is 0 Å². The Morgan fingerprint density at radius 1 is 1.31 bits per heavy atom. The molecule has 0 spiro atoms. The average molecular weight is 245 g/mol. The van der Waals surface area contributed by atoms with E-state index in [1.807, 2.05) is 0 Å². The van der Waals surface area contributed by atoms with Crippen LogP contribution in [0.2, 0.25) is 6.04 Å². The first-order valence-electron chi connectivity index (χ1n) is 6.79. The van der Waals surface area contributed by atoms with Gasteiger partial charge in [0.05, 0.1) is 6.10 Å². The van der Waals surface area contributed by atoms with Gasteiger partial charge in [-0.1, -0.05) is 12.5 Å². The molecule has 0 aromatic rings. The highest BCUT2D eigenvalue weighted by Gasteiger charge is 2.41. The fourth-order valence-electron chi connectivity index (χ4n) is 2.54. The van der Waals surface area contributed by atoms with Gasteiger partial charge in [0.1, 0.15) is 5.72 Å². The highest BCUT2D eigenvalue weighted by Crippen LogP contribution is 2.32. The van der Waals surface area contributed by atoms with Crippen molar-refractivity contribution in [2.75, 3.05) is 19.8 Å². The summed E-state index contributed by atoms with van der Waals surface area (Å²) < 4.78 is 11.9. The minimum absolute atomic E-state index is 0.201. The monoisotopic (exact) mass is 245 g/mol. The highest BCUT2D eigenvalue weighted by molar-refractivity contribution is 6.08. The molecule has 0 aromatic carbocycles. The summed E-state index contributed by atoms with van der Waals surface area (Å²) in [7, 11) is 1.25. The second kappa shape index (κ2) is 7.43. The summed E-state index contributed by atoms with van der Waals surface area (Å²) in [5, 5.41) is 3.61. The zero-order chi connectivity index (χ0) is 11.9. The summed E-state index contributed by atoms with van der Waals surface area (Å²) in [4.78, 5) is 0. The standard InChI is InChI=1S/C12H27NO2Si/c1-3-14-11-7-5-6-8-12(11,15-4-2)13-9-10-16/h11,13H,3-10H2,1-2,16H3. The molecule has 96 valence electrons. The Morgan fingerprint density at radius 3 is 2.75 bits per heavy atom. The smallest absolute Gasteiger partial charge is 0.145 e. The van der Waals surface area contributed by atoms with Crippen molar-refractivity contribution < 1.29 is 9.47 Å². The lowest BCUT2D eigenvalue weighted by molar-refractivity contribution is -0.178. The first-order chi connectivity index (χ1) is 7.79. The van der Waals surface area contributed by atoms with Crippen LogP contribution < -0.4 is 5.32 Å². The van der Waals surface area contributed by atoms with Crippen molar-refractivity contribution in [2.24, 2.45) is 0 Å². The normalized spacial score (nSPS) is 30.8. The molecule has 2 atom stereocenters. The van der Waals surface area contributed by atoms with Gasteiger partial charge in [-0.05, 0) is 39.7 Å². The summed E-state index contributed by atoms with van der Waals surface area (Å²) in [6.45, 7) is 6.75. The number of nitrogens with one attached hydrogen (secondary N) is 1.